The number of carbonyl (C=O) groups is 2. The van der Waals surface area contributed by atoms with Crippen molar-refractivity contribution in [1.29, 1.82) is 0 Å². The Hall–Kier alpha value is -1.06. The van der Waals surface area contributed by atoms with E-state index in [1.54, 1.807) is 0 Å². The van der Waals surface area contributed by atoms with Crippen molar-refractivity contribution in [2.75, 3.05) is 0 Å². The molecule has 4 heteroatoms. The van der Waals surface area contributed by atoms with Gasteiger partial charge in [-0.05, 0) is 64.2 Å². The van der Waals surface area contributed by atoms with Crippen LogP contribution in [0.4, 0.5) is 0 Å². The van der Waals surface area contributed by atoms with Crippen molar-refractivity contribution in [1.82, 2.24) is 0 Å². The molecule has 0 radical (unpaired) electrons. The van der Waals surface area contributed by atoms with Crippen LogP contribution in [-0.2, 0) is 19.1 Å². The molecule has 24 heavy (non-hydrogen) atoms. The molecule has 2 saturated carbocycles. The van der Waals surface area contributed by atoms with E-state index in [1.165, 1.54) is 25.7 Å². The minimum atomic E-state index is -0.0171. The van der Waals surface area contributed by atoms with E-state index in [4.69, 9.17) is 9.47 Å². The monoisotopic (exact) mass is 338 g/mol. The maximum absolute atomic E-state index is 11.7. The summed E-state index contributed by atoms with van der Waals surface area (Å²) in [5.74, 6) is -0.0342. The van der Waals surface area contributed by atoms with Gasteiger partial charge in [-0.25, -0.2) is 0 Å². The number of esters is 2. The van der Waals surface area contributed by atoms with Crippen LogP contribution in [0.25, 0.3) is 0 Å². The van der Waals surface area contributed by atoms with Crippen molar-refractivity contribution < 1.29 is 19.1 Å². The van der Waals surface area contributed by atoms with E-state index in [1.807, 2.05) is 0 Å². The van der Waals surface area contributed by atoms with E-state index < -0.39 is 0 Å². The molecule has 0 saturated heterocycles. The third kappa shape index (κ3) is 8.16. The van der Waals surface area contributed by atoms with Gasteiger partial charge in [0.25, 0.3) is 0 Å². The Kier molecular flexibility index (Phi) is 9.22. The van der Waals surface area contributed by atoms with E-state index in [-0.39, 0.29) is 24.1 Å². The lowest BCUT2D eigenvalue weighted by molar-refractivity contribution is -0.149. The second-order valence-corrected chi connectivity index (χ2v) is 7.41. The summed E-state index contributed by atoms with van der Waals surface area (Å²) in [5, 5.41) is 0. The zero-order chi connectivity index (χ0) is 17.0. The fraction of sp³-hybridized carbons (Fsp3) is 0.900. The minimum absolute atomic E-state index is 0.0171. The lowest BCUT2D eigenvalue weighted by Gasteiger charge is -2.11. The molecule has 138 valence electrons. The van der Waals surface area contributed by atoms with Crippen LogP contribution in [0.5, 0.6) is 0 Å². The second-order valence-electron chi connectivity index (χ2n) is 7.41. The van der Waals surface area contributed by atoms with Gasteiger partial charge in [-0.1, -0.05) is 25.7 Å². The first kappa shape index (κ1) is 19.3. The third-order valence-electron chi connectivity index (χ3n) is 5.21. The van der Waals surface area contributed by atoms with Gasteiger partial charge in [0.15, 0.2) is 0 Å². The first-order chi connectivity index (χ1) is 11.7. The number of unbranched alkanes of at least 4 members (excludes halogenated alkanes) is 5. The van der Waals surface area contributed by atoms with Crippen molar-refractivity contribution >= 4 is 11.9 Å². The normalized spacial score (nSPS) is 18.8. The molecule has 0 aliphatic heterocycles. The lowest BCUT2D eigenvalue weighted by atomic mass is 10.1. The fourth-order valence-electron chi connectivity index (χ4n) is 3.75. The number of carbonyl (C=O) groups excluding carboxylic acids is 2. The Balaban J connectivity index is 1.34. The summed E-state index contributed by atoms with van der Waals surface area (Å²) >= 11 is 0. The molecule has 2 fully saturated rings. The number of hydrogen-bond donors (Lipinski definition) is 0. The number of hydrogen-bond acceptors (Lipinski definition) is 4. The number of ether oxygens (including phenoxy) is 2. The standard InChI is InChI=1S/C20H34O4/c21-19(23-17-11-7-8-12-17)15-5-3-1-2-4-6-16-20(22)24-18-13-9-10-14-18/h17-18H,1-16H2. The highest BCUT2D eigenvalue weighted by molar-refractivity contribution is 5.69. The molecule has 0 aromatic heterocycles. The molecule has 0 aromatic rings. The molecule has 0 N–H and O–H groups in total. The topological polar surface area (TPSA) is 52.6 Å². The summed E-state index contributed by atoms with van der Waals surface area (Å²) in [5.41, 5.74) is 0. The van der Waals surface area contributed by atoms with Crippen LogP contribution in [0.1, 0.15) is 103 Å². The van der Waals surface area contributed by atoms with Crippen LogP contribution in [-0.4, -0.2) is 24.1 Å². The van der Waals surface area contributed by atoms with Crippen molar-refractivity contribution in [3.8, 4) is 0 Å². The van der Waals surface area contributed by atoms with Gasteiger partial charge in [0, 0.05) is 12.8 Å². The zero-order valence-corrected chi connectivity index (χ0v) is 15.1. The molecule has 2 rings (SSSR count). The molecular formula is C20H34O4. The Morgan fingerprint density at radius 3 is 1.29 bits per heavy atom. The second kappa shape index (κ2) is 11.5. The van der Waals surface area contributed by atoms with Gasteiger partial charge in [0.1, 0.15) is 12.2 Å². The lowest BCUT2D eigenvalue weighted by Crippen LogP contribution is -2.14. The van der Waals surface area contributed by atoms with E-state index in [0.29, 0.717) is 12.8 Å². The van der Waals surface area contributed by atoms with E-state index in [0.717, 1.165) is 64.2 Å². The van der Waals surface area contributed by atoms with Crippen LogP contribution >= 0.6 is 0 Å². The van der Waals surface area contributed by atoms with Gasteiger partial charge in [0.05, 0.1) is 0 Å². The summed E-state index contributed by atoms with van der Waals surface area (Å²) in [6.45, 7) is 0. The fourth-order valence-corrected chi connectivity index (χ4v) is 3.75. The first-order valence-electron chi connectivity index (χ1n) is 10.1. The number of rotatable bonds is 11. The van der Waals surface area contributed by atoms with Gasteiger partial charge in [-0.3, -0.25) is 9.59 Å². The highest BCUT2D eigenvalue weighted by Gasteiger charge is 2.19. The smallest absolute Gasteiger partial charge is 0.306 e. The summed E-state index contributed by atoms with van der Waals surface area (Å²) in [6, 6.07) is 0. The molecule has 2 aliphatic rings. The quantitative estimate of drug-likeness (QED) is 0.389. The molecule has 4 nitrogen and oxygen atoms in total. The van der Waals surface area contributed by atoms with Crippen LogP contribution in [0.3, 0.4) is 0 Å². The SMILES string of the molecule is O=C(CCCCCCCCC(=O)OC1CCCC1)OC1CCCC1. The van der Waals surface area contributed by atoms with Crippen molar-refractivity contribution in [2.24, 2.45) is 0 Å². The van der Waals surface area contributed by atoms with E-state index in [2.05, 4.69) is 0 Å². The molecule has 0 amide bonds. The zero-order valence-electron chi connectivity index (χ0n) is 15.1. The molecule has 2 aliphatic carbocycles. The maximum Gasteiger partial charge on any atom is 0.306 e. The summed E-state index contributed by atoms with van der Waals surface area (Å²) in [7, 11) is 0. The molecule has 0 aromatic carbocycles. The third-order valence-corrected chi connectivity index (χ3v) is 5.21. The molecular weight excluding hydrogens is 304 g/mol. The first-order valence-corrected chi connectivity index (χ1v) is 10.1. The van der Waals surface area contributed by atoms with Gasteiger partial charge in [-0.15, -0.1) is 0 Å². The summed E-state index contributed by atoms with van der Waals surface area (Å²) in [4.78, 5) is 23.4. The molecule has 0 heterocycles. The molecule has 0 spiro atoms. The van der Waals surface area contributed by atoms with Gasteiger partial charge >= 0.3 is 11.9 Å². The van der Waals surface area contributed by atoms with E-state index >= 15 is 0 Å². The average Bonchev–Trinajstić information content (AvgIpc) is 3.23. The predicted molar refractivity (Wildman–Crippen MR) is 93.6 cm³/mol. The molecule has 0 unspecified atom stereocenters. The molecule has 0 bridgehead atoms. The summed E-state index contributed by atoms with van der Waals surface area (Å²) < 4.78 is 10.9. The highest BCUT2D eigenvalue weighted by Crippen LogP contribution is 2.22. The minimum Gasteiger partial charge on any atom is -0.462 e. The Labute approximate surface area is 146 Å². The highest BCUT2D eigenvalue weighted by atomic mass is 16.5. The van der Waals surface area contributed by atoms with E-state index in [9.17, 15) is 9.59 Å². The van der Waals surface area contributed by atoms with Crippen molar-refractivity contribution in [3.05, 3.63) is 0 Å². The van der Waals surface area contributed by atoms with Crippen molar-refractivity contribution in [3.63, 3.8) is 0 Å². The van der Waals surface area contributed by atoms with Crippen LogP contribution in [0, 0.1) is 0 Å². The predicted octanol–water partition coefficient (Wildman–Crippen LogP) is 5.08. The Morgan fingerprint density at radius 2 is 0.917 bits per heavy atom. The maximum atomic E-state index is 11.7. The largest absolute Gasteiger partial charge is 0.462 e. The van der Waals surface area contributed by atoms with Gasteiger partial charge in [0.2, 0.25) is 0 Å². The summed E-state index contributed by atoms with van der Waals surface area (Å²) in [6.07, 6.45) is 16.8. The van der Waals surface area contributed by atoms with Gasteiger partial charge in [-0.2, -0.15) is 0 Å². The Bertz CT molecular complexity index is 332. The van der Waals surface area contributed by atoms with Crippen LogP contribution in [0.15, 0.2) is 0 Å². The average molecular weight is 338 g/mol. The van der Waals surface area contributed by atoms with Crippen molar-refractivity contribution in [2.45, 2.75) is 115 Å². The van der Waals surface area contributed by atoms with Crippen LogP contribution in [0.2, 0.25) is 0 Å². The van der Waals surface area contributed by atoms with Gasteiger partial charge < -0.3 is 9.47 Å². The Morgan fingerprint density at radius 1 is 0.583 bits per heavy atom. The van der Waals surface area contributed by atoms with Crippen LogP contribution < -0.4 is 0 Å². The molecule has 0 atom stereocenters.